The monoisotopic (exact) mass is 332 g/mol. The molecule has 0 unspecified atom stereocenters. The molecule has 2 amide bonds. The molecule has 0 radical (unpaired) electrons. The standard InChI is InChI=1S/C17H24N4O3/c1-11-8-19(5)15(22)14-12-10-20(16(23)24-17(2,3)4)7-6-13(12)18-21(14)9-11/h9H,6-8,10H2,1-5H3. The number of likely N-dealkylation sites (N-methyl/N-ethyl adjacent to an activating group) is 1. The van der Waals surface area contributed by atoms with Crippen molar-refractivity contribution in [2.75, 3.05) is 20.1 Å². The highest BCUT2D eigenvalue weighted by Gasteiger charge is 2.33. The first-order valence-electron chi connectivity index (χ1n) is 8.16. The van der Waals surface area contributed by atoms with Crippen LogP contribution in [0, 0.1) is 0 Å². The van der Waals surface area contributed by atoms with Gasteiger partial charge in [0, 0.05) is 38.3 Å². The molecule has 3 heterocycles. The Balaban J connectivity index is 1.93. The van der Waals surface area contributed by atoms with Crippen molar-refractivity contribution in [3.05, 3.63) is 22.5 Å². The van der Waals surface area contributed by atoms with Gasteiger partial charge in [0.15, 0.2) is 0 Å². The molecular weight excluding hydrogens is 308 g/mol. The molecule has 0 saturated carbocycles. The van der Waals surface area contributed by atoms with Crippen LogP contribution in [0.1, 0.15) is 49.4 Å². The quantitative estimate of drug-likeness (QED) is 0.730. The van der Waals surface area contributed by atoms with Crippen molar-refractivity contribution >= 4 is 18.2 Å². The van der Waals surface area contributed by atoms with Crippen LogP contribution in [0.5, 0.6) is 0 Å². The first-order chi connectivity index (χ1) is 11.2. The fourth-order valence-electron chi connectivity index (χ4n) is 3.07. The lowest BCUT2D eigenvalue weighted by Crippen LogP contribution is -2.40. The molecule has 7 nitrogen and oxygen atoms in total. The van der Waals surface area contributed by atoms with Gasteiger partial charge in [0.05, 0.1) is 12.2 Å². The molecule has 3 rings (SSSR count). The second-order valence-corrected chi connectivity index (χ2v) is 7.51. The number of hydrogen-bond acceptors (Lipinski definition) is 4. The largest absolute Gasteiger partial charge is 0.444 e. The number of carbonyl (C=O) groups excluding carboxylic acids is 2. The predicted octanol–water partition coefficient (Wildman–Crippen LogP) is 2.12. The third-order valence-corrected chi connectivity index (χ3v) is 4.09. The summed E-state index contributed by atoms with van der Waals surface area (Å²) in [6, 6.07) is 0. The van der Waals surface area contributed by atoms with Gasteiger partial charge in [-0.1, -0.05) is 0 Å². The molecule has 0 bridgehead atoms. The van der Waals surface area contributed by atoms with Gasteiger partial charge in [-0.25, -0.2) is 9.48 Å². The van der Waals surface area contributed by atoms with Crippen molar-refractivity contribution in [1.82, 2.24) is 19.6 Å². The minimum absolute atomic E-state index is 0.0668. The molecular formula is C17H24N4O3. The summed E-state index contributed by atoms with van der Waals surface area (Å²) in [5.74, 6) is -0.0668. The molecule has 1 aromatic heterocycles. The maximum Gasteiger partial charge on any atom is 0.410 e. The normalized spacial score (nSPS) is 17.9. The maximum absolute atomic E-state index is 12.7. The van der Waals surface area contributed by atoms with Gasteiger partial charge in [-0.15, -0.1) is 0 Å². The molecule has 7 heteroatoms. The van der Waals surface area contributed by atoms with Crippen molar-refractivity contribution in [3.63, 3.8) is 0 Å². The number of carbonyl (C=O) groups is 2. The first-order valence-corrected chi connectivity index (χ1v) is 8.16. The lowest BCUT2D eigenvalue weighted by atomic mass is 10.0. The molecule has 0 atom stereocenters. The van der Waals surface area contributed by atoms with E-state index in [9.17, 15) is 9.59 Å². The molecule has 24 heavy (non-hydrogen) atoms. The van der Waals surface area contributed by atoms with Crippen LogP contribution in [0.2, 0.25) is 0 Å². The lowest BCUT2D eigenvalue weighted by molar-refractivity contribution is 0.0222. The molecule has 0 saturated heterocycles. The van der Waals surface area contributed by atoms with E-state index in [4.69, 9.17) is 4.74 Å². The van der Waals surface area contributed by atoms with Gasteiger partial charge < -0.3 is 14.5 Å². The summed E-state index contributed by atoms with van der Waals surface area (Å²) in [4.78, 5) is 28.4. The van der Waals surface area contributed by atoms with E-state index in [0.29, 0.717) is 31.7 Å². The fourth-order valence-corrected chi connectivity index (χ4v) is 3.07. The lowest BCUT2D eigenvalue weighted by Gasteiger charge is -2.30. The van der Waals surface area contributed by atoms with E-state index in [1.165, 1.54) is 0 Å². The molecule has 1 aromatic rings. The molecule has 0 aromatic carbocycles. The first kappa shape index (κ1) is 16.5. The average Bonchev–Trinajstić information content (AvgIpc) is 2.75. The minimum Gasteiger partial charge on any atom is -0.444 e. The fraction of sp³-hybridized carbons (Fsp3) is 0.588. The Morgan fingerprint density at radius 2 is 2.00 bits per heavy atom. The number of aromatic nitrogens is 2. The van der Waals surface area contributed by atoms with Crippen LogP contribution in [0.4, 0.5) is 4.79 Å². The SMILES string of the molecule is CC1=Cn2nc3c(c2C(=O)N(C)C1)CN(C(=O)OC(C)(C)C)CC3. The third-order valence-electron chi connectivity index (χ3n) is 4.09. The average molecular weight is 332 g/mol. The molecule has 0 N–H and O–H groups in total. The minimum atomic E-state index is -0.539. The number of amides is 2. The number of hydrogen-bond donors (Lipinski definition) is 0. The number of fused-ring (bicyclic) bond motifs is 3. The van der Waals surface area contributed by atoms with Gasteiger partial charge in [-0.2, -0.15) is 5.10 Å². The highest BCUT2D eigenvalue weighted by molar-refractivity contribution is 5.95. The van der Waals surface area contributed by atoms with E-state index in [1.807, 2.05) is 33.9 Å². The van der Waals surface area contributed by atoms with Crippen LogP contribution in [0.25, 0.3) is 6.20 Å². The Kier molecular flexibility index (Phi) is 3.89. The van der Waals surface area contributed by atoms with Crippen LogP contribution < -0.4 is 0 Å². The smallest absolute Gasteiger partial charge is 0.410 e. The van der Waals surface area contributed by atoms with Gasteiger partial charge in [0.2, 0.25) is 0 Å². The van der Waals surface area contributed by atoms with Crippen LogP contribution in [0.15, 0.2) is 5.57 Å². The summed E-state index contributed by atoms with van der Waals surface area (Å²) in [6.45, 7) is 8.99. The zero-order valence-electron chi connectivity index (χ0n) is 14.9. The highest BCUT2D eigenvalue weighted by atomic mass is 16.6. The van der Waals surface area contributed by atoms with Crippen molar-refractivity contribution < 1.29 is 14.3 Å². The van der Waals surface area contributed by atoms with Crippen LogP contribution in [0.3, 0.4) is 0 Å². The molecule has 2 aliphatic rings. The Morgan fingerprint density at radius 3 is 2.67 bits per heavy atom. The highest BCUT2D eigenvalue weighted by Crippen LogP contribution is 2.26. The second kappa shape index (κ2) is 5.65. The molecule has 0 spiro atoms. The summed E-state index contributed by atoms with van der Waals surface area (Å²) in [6.07, 6.45) is 2.17. The Hall–Kier alpha value is -2.31. The van der Waals surface area contributed by atoms with E-state index < -0.39 is 5.60 Å². The third kappa shape index (κ3) is 3.02. The molecule has 0 aliphatic carbocycles. The summed E-state index contributed by atoms with van der Waals surface area (Å²) in [7, 11) is 1.78. The van der Waals surface area contributed by atoms with E-state index >= 15 is 0 Å². The number of nitrogens with zero attached hydrogens (tertiary/aromatic N) is 4. The van der Waals surface area contributed by atoms with Gasteiger partial charge in [-0.05, 0) is 33.3 Å². The van der Waals surface area contributed by atoms with Gasteiger partial charge in [0.1, 0.15) is 11.3 Å². The van der Waals surface area contributed by atoms with Crippen LogP contribution in [-0.2, 0) is 17.7 Å². The molecule has 0 fully saturated rings. The summed E-state index contributed by atoms with van der Waals surface area (Å²) in [5, 5.41) is 4.57. The van der Waals surface area contributed by atoms with E-state index in [2.05, 4.69) is 5.10 Å². The Labute approximate surface area is 141 Å². The van der Waals surface area contributed by atoms with Gasteiger partial charge in [-0.3, -0.25) is 4.79 Å². The van der Waals surface area contributed by atoms with Crippen molar-refractivity contribution in [3.8, 4) is 0 Å². The van der Waals surface area contributed by atoms with E-state index in [-0.39, 0.29) is 12.0 Å². The Bertz CT molecular complexity index is 727. The van der Waals surface area contributed by atoms with Gasteiger partial charge in [0.25, 0.3) is 5.91 Å². The maximum atomic E-state index is 12.7. The topological polar surface area (TPSA) is 67.7 Å². The Morgan fingerprint density at radius 1 is 1.29 bits per heavy atom. The van der Waals surface area contributed by atoms with Crippen LogP contribution >= 0.6 is 0 Å². The van der Waals surface area contributed by atoms with Crippen molar-refractivity contribution in [1.29, 1.82) is 0 Å². The predicted molar refractivity (Wildman–Crippen MR) is 89.5 cm³/mol. The summed E-state index contributed by atoms with van der Waals surface area (Å²) in [5.41, 5.74) is 2.79. The molecule has 2 aliphatic heterocycles. The zero-order chi connectivity index (χ0) is 17.6. The van der Waals surface area contributed by atoms with Crippen LogP contribution in [-0.4, -0.2) is 57.3 Å². The van der Waals surface area contributed by atoms with Crippen molar-refractivity contribution in [2.24, 2.45) is 0 Å². The second-order valence-electron chi connectivity index (χ2n) is 7.51. The zero-order valence-corrected chi connectivity index (χ0v) is 14.9. The summed E-state index contributed by atoms with van der Waals surface area (Å²) < 4.78 is 7.13. The summed E-state index contributed by atoms with van der Waals surface area (Å²) >= 11 is 0. The number of rotatable bonds is 0. The van der Waals surface area contributed by atoms with Gasteiger partial charge >= 0.3 is 6.09 Å². The van der Waals surface area contributed by atoms with E-state index in [0.717, 1.165) is 16.8 Å². The van der Waals surface area contributed by atoms with Crippen molar-refractivity contribution in [2.45, 2.75) is 46.3 Å². The van der Waals surface area contributed by atoms with E-state index in [1.54, 1.807) is 21.5 Å². The number of ether oxygens (including phenoxy) is 1. The molecule has 130 valence electrons.